The predicted molar refractivity (Wildman–Crippen MR) is 132 cm³/mol. The van der Waals surface area contributed by atoms with Crippen LogP contribution < -0.4 is 4.31 Å². The molecule has 1 saturated heterocycles. The van der Waals surface area contributed by atoms with Gasteiger partial charge in [-0.2, -0.15) is 0 Å². The number of hydrogen-bond acceptors (Lipinski definition) is 5. The summed E-state index contributed by atoms with van der Waals surface area (Å²) in [4.78, 5) is 28.7. The van der Waals surface area contributed by atoms with Crippen LogP contribution in [-0.2, 0) is 21.2 Å². The van der Waals surface area contributed by atoms with Crippen molar-refractivity contribution < 1.29 is 23.1 Å². The summed E-state index contributed by atoms with van der Waals surface area (Å²) >= 11 is 0. The van der Waals surface area contributed by atoms with E-state index >= 15 is 0 Å². The Bertz CT molecular complexity index is 1290. The summed E-state index contributed by atoms with van der Waals surface area (Å²) in [5.74, 6) is -0.278. The lowest BCUT2D eigenvalue weighted by Crippen LogP contribution is -2.53. The van der Waals surface area contributed by atoms with Gasteiger partial charge >= 0.3 is 0 Å². The monoisotopic (exact) mass is 495 g/mol. The average molecular weight is 496 g/mol. The van der Waals surface area contributed by atoms with E-state index in [9.17, 15) is 23.1 Å². The minimum atomic E-state index is -3.24. The number of anilines is 1. The van der Waals surface area contributed by atoms with Crippen LogP contribution in [0.15, 0.2) is 42.5 Å². The van der Waals surface area contributed by atoms with Gasteiger partial charge in [0.1, 0.15) is 5.60 Å². The summed E-state index contributed by atoms with van der Waals surface area (Å²) in [6.45, 7) is 2.28. The Morgan fingerprint density at radius 3 is 2.11 bits per heavy atom. The van der Waals surface area contributed by atoms with Crippen molar-refractivity contribution in [2.24, 2.45) is 0 Å². The molecule has 6 rings (SSSR count). The number of nitrogens with zero attached hydrogens (tertiary/aromatic N) is 3. The Balaban J connectivity index is 1.12. The summed E-state index contributed by atoms with van der Waals surface area (Å²) in [5, 5.41) is 9.83. The summed E-state index contributed by atoms with van der Waals surface area (Å²) in [5.41, 5.74) is 3.23. The van der Waals surface area contributed by atoms with Crippen LogP contribution in [0.25, 0.3) is 11.1 Å². The molecule has 9 heteroatoms. The van der Waals surface area contributed by atoms with Crippen molar-refractivity contribution in [3.8, 4) is 11.1 Å². The Labute approximate surface area is 205 Å². The molecule has 0 spiro atoms. The van der Waals surface area contributed by atoms with Crippen molar-refractivity contribution in [3.05, 3.63) is 53.6 Å². The molecule has 0 unspecified atom stereocenters. The first kappa shape index (κ1) is 22.5. The van der Waals surface area contributed by atoms with Gasteiger partial charge in [0.15, 0.2) is 0 Å². The van der Waals surface area contributed by atoms with Gasteiger partial charge in [-0.05, 0) is 73.1 Å². The number of benzene rings is 2. The zero-order valence-corrected chi connectivity index (χ0v) is 20.3. The molecule has 2 aromatic rings. The maximum Gasteiger partial charge on any atom is 0.254 e. The highest BCUT2D eigenvalue weighted by Gasteiger charge is 2.50. The predicted octanol–water partition coefficient (Wildman–Crippen LogP) is 2.02. The molecule has 2 saturated carbocycles. The van der Waals surface area contributed by atoms with Crippen molar-refractivity contribution in [3.63, 3.8) is 0 Å². The van der Waals surface area contributed by atoms with E-state index in [1.54, 1.807) is 14.1 Å². The first-order valence-corrected chi connectivity index (χ1v) is 13.8. The molecule has 0 radical (unpaired) electrons. The maximum atomic E-state index is 13.0. The fraction of sp³-hybridized carbons (Fsp3) is 0.462. The molecule has 2 amide bonds. The molecule has 0 bridgehead atoms. The first-order valence-electron chi connectivity index (χ1n) is 12.3. The molecular weight excluding hydrogens is 466 g/mol. The Hall–Kier alpha value is -2.91. The second kappa shape index (κ2) is 8.06. The van der Waals surface area contributed by atoms with Crippen LogP contribution in [0.5, 0.6) is 0 Å². The van der Waals surface area contributed by atoms with Gasteiger partial charge in [0.05, 0.1) is 10.9 Å². The van der Waals surface area contributed by atoms with Gasteiger partial charge in [-0.3, -0.25) is 13.9 Å². The Morgan fingerprint density at radius 2 is 1.49 bits per heavy atom. The highest BCUT2D eigenvalue weighted by Crippen LogP contribution is 2.39. The van der Waals surface area contributed by atoms with Crippen molar-refractivity contribution in [1.82, 2.24) is 9.80 Å². The van der Waals surface area contributed by atoms with E-state index in [1.807, 2.05) is 36.4 Å². The number of aliphatic hydroxyl groups is 1. The SMILES string of the molecule is O=C(c1ccc(-c2ccc3c(c2)CCN3S(=O)(=O)C2CC2)cc1)N1CCN(C(=O)C2(O)CC2)CC1. The Morgan fingerprint density at radius 1 is 0.857 bits per heavy atom. The van der Waals surface area contributed by atoms with Gasteiger partial charge in [-0.15, -0.1) is 0 Å². The molecule has 2 aliphatic carbocycles. The number of sulfonamides is 1. The molecule has 2 heterocycles. The van der Waals surface area contributed by atoms with E-state index < -0.39 is 15.6 Å². The van der Waals surface area contributed by atoms with Crippen LogP contribution >= 0.6 is 0 Å². The lowest BCUT2D eigenvalue weighted by Gasteiger charge is -2.35. The molecule has 0 atom stereocenters. The molecule has 8 nitrogen and oxygen atoms in total. The molecule has 3 fully saturated rings. The fourth-order valence-corrected chi connectivity index (χ4v) is 6.98. The van der Waals surface area contributed by atoms with Crippen molar-refractivity contribution >= 4 is 27.5 Å². The summed E-state index contributed by atoms with van der Waals surface area (Å²) in [6.07, 6.45) is 3.28. The van der Waals surface area contributed by atoms with Crippen LogP contribution in [0.2, 0.25) is 0 Å². The number of rotatable bonds is 5. The standard InChI is InChI=1S/C26H29N3O5S/c30-24(27-13-15-28(16-14-27)25(31)26(32)10-11-26)19-3-1-18(2-4-19)20-5-8-23-21(17-20)9-12-29(23)35(33,34)22-6-7-22/h1-5,8,17,22,32H,6-7,9-16H2. The minimum absolute atomic E-state index is 0.0661. The Kier molecular flexibility index (Phi) is 5.19. The van der Waals surface area contributed by atoms with Crippen molar-refractivity contribution in [1.29, 1.82) is 0 Å². The number of fused-ring (bicyclic) bond motifs is 1. The lowest BCUT2D eigenvalue weighted by molar-refractivity contribution is -0.143. The van der Waals surface area contributed by atoms with E-state index in [-0.39, 0.29) is 17.1 Å². The van der Waals surface area contributed by atoms with E-state index in [1.165, 1.54) is 0 Å². The number of hydrogen-bond donors (Lipinski definition) is 1. The van der Waals surface area contributed by atoms with Crippen LogP contribution in [-0.4, -0.2) is 78.7 Å². The molecule has 2 aliphatic heterocycles. The van der Waals surface area contributed by atoms with Gasteiger partial charge in [-0.1, -0.05) is 18.2 Å². The third-order valence-corrected chi connectivity index (χ3v) is 9.93. The number of piperazine rings is 1. The molecule has 35 heavy (non-hydrogen) atoms. The topological polar surface area (TPSA) is 98.2 Å². The third-order valence-electron chi connectivity index (χ3n) is 7.63. The van der Waals surface area contributed by atoms with Crippen molar-refractivity contribution in [2.45, 2.75) is 43.0 Å². The fourth-order valence-electron chi connectivity index (χ4n) is 5.09. The first-order chi connectivity index (χ1) is 16.8. The van der Waals surface area contributed by atoms with Crippen LogP contribution in [0.1, 0.15) is 41.6 Å². The summed E-state index contributed by atoms with van der Waals surface area (Å²) in [7, 11) is -3.24. The molecule has 0 aromatic heterocycles. The second-order valence-corrected chi connectivity index (χ2v) is 12.2. The highest BCUT2D eigenvalue weighted by molar-refractivity contribution is 7.93. The zero-order chi connectivity index (χ0) is 24.4. The van der Waals surface area contributed by atoms with E-state index in [0.717, 1.165) is 35.2 Å². The molecule has 1 N–H and O–H groups in total. The molecule has 184 valence electrons. The van der Waals surface area contributed by atoms with Gasteiger partial charge < -0.3 is 14.9 Å². The zero-order valence-electron chi connectivity index (χ0n) is 19.5. The number of carbonyl (C=O) groups excluding carboxylic acids is 2. The number of carbonyl (C=O) groups is 2. The van der Waals surface area contributed by atoms with Gasteiger partial charge in [0.25, 0.3) is 11.8 Å². The smallest absolute Gasteiger partial charge is 0.254 e. The average Bonchev–Trinajstić information content (AvgIpc) is 3.81. The third kappa shape index (κ3) is 4.00. The van der Waals surface area contributed by atoms with Gasteiger partial charge in [0.2, 0.25) is 10.0 Å². The van der Waals surface area contributed by atoms with E-state index in [4.69, 9.17) is 0 Å². The van der Waals surface area contributed by atoms with Gasteiger partial charge in [-0.25, -0.2) is 8.42 Å². The summed E-state index contributed by atoms with van der Waals surface area (Å²) < 4.78 is 27.0. The van der Waals surface area contributed by atoms with Crippen LogP contribution in [0.4, 0.5) is 5.69 Å². The van der Waals surface area contributed by atoms with E-state index in [0.29, 0.717) is 57.5 Å². The van der Waals surface area contributed by atoms with Crippen molar-refractivity contribution in [2.75, 3.05) is 37.0 Å². The van der Waals surface area contributed by atoms with Gasteiger partial charge in [0, 0.05) is 38.3 Å². The highest BCUT2D eigenvalue weighted by atomic mass is 32.2. The molecular formula is C26H29N3O5S. The largest absolute Gasteiger partial charge is 0.380 e. The number of amides is 2. The molecule has 2 aromatic carbocycles. The molecule has 4 aliphatic rings. The second-order valence-electron chi connectivity index (χ2n) is 10.1. The quantitative estimate of drug-likeness (QED) is 0.685. The maximum absolute atomic E-state index is 13.0. The minimum Gasteiger partial charge on any atom is -0.380 e. The summed E-state index contributed by atoms with van der Waals surface area (Å²) in [6, 6.07) is 13.4. The normalized spacial score (nSPS) is 21.1. The van der Waals surface area contributed by atoms with E-state index in [2.05, 4.69) is 6.07 Å². The van der Waals surface area contributed by atoms with Crippen LogP contribution in [0, 0.1) is 0 Å². The lowest BCUT2D eigenvalue weighted by atomic mass is 10.0. The van der Waals surface area contributed by atoms with Crippen LogP contribution in [0.3, 0.4) is 0 Å².